The van der Waals surface area contributed by atoms with Crippen LogP contribution in [0.15, 0.2) is 0 Å². The number of hydrogen-bond donors (Lipinski definition) is 0. The summed E-state index contributed by atoms with van der Waals surface area (Å²) in [4.78, 5) is 22.6. The molecule has 2 fully saturated rings. The minimum atomic E-state index is -0.0949. The lowest BCUT2D eigenvalue weighted by Crippen LogP contribution is -2.30. The number of ketones is 1. The minimum Gasteiger partial charge on any atom is -0.462 e. The molecule has 2 rings (SSSR count). The van der Waals surface area contributed by atoms with Crippen molar-refractivity contribution in [2.24, 2.45) is 5.92 Å². The minimum absolute atomic E-state index is 0.0226. The summed E-state index contributed by atoms with van der Waals surface area (Å²) in [7, 11) is 0. The van der Waals surface area contributed by atoms with E-state index in [9.17, 15) is 9.59 Å². The topological polar surface area (TPSA) is 52.6 Å². The number of carbonyl (C=O) groups excluding carboxylic acids is 2. The van der Waals surface area contributed by atoms with Crippen LogP contribution in [-0.4, -0.2) is 31.1 Å². The quantitative estimate of drug-likeness (QED) is 0.684. The Labute approximate surface area is 95.3 Å². The second kappa shape index (κ2) is 5.43. The Bertz CT molecular complexity index is 274. The lowest BCUT2D eigenvalue weighted by Gasteiger charge is -2.25. The molecule has 90 valence electrons. The normalized spacial score (nSPS) is 31.2. The fourth-order valence-corrected chi connectivity index (χ4v) is 2.31. The predicted octanol–water partition coefficient (Wildman–Crippen LogP) is 1.47. The molecule has 2 heterocycles. The number of cyclic esters (lactones) is 1. The van der Waals surface area contributed by atoms with Gasteiger partial charge in [-0.2, -0.15) is 0 Å². The van der Waals surface area contributed by atoms with Crippen molar-refractivity contribution in [2.45, 2.75) is 44.6 Å². The van der Waals surface area contributed by atoms with Gasteiger partial charge in [0.1, 0.15) is 11.9 Å². The van der Waals surface area contributed by atoms with E-state index in [1.807, 2.05) is 0 Å². The second-order valence-corrected chi connectivity index (χ2v) is 4.57. The smallest absolute Gasteiger partial charge is 0.306 e. The predicted molar refractivity (Wildman–Crippen MR) is 56.9 cm³/mol. The number of ether oxygens (including phenoxy) is 2. The third-order valence-electron chi connectivity index (χ3n) is 3.31. The van der Waals surface area contributed by atoms with E-state index in [0.717, 1.165) is 25.7 Å². The van der Waals surface area contributed by atoms with Crippen LogP contribution in [0.5, 0.6) is 0 Å². The molecule has 0 aromatic heterocycles. The SMILES string of the molecule is O=C1CCCC(CCC2COCCC2=O)O1. The van der Waals surface area contributed by atoms with Crippen LogP contribution in [0.1, 0.15) is 38.5 Å². The summed E-state index contributed by atoms with van der Waals surface area (Å²) in [5.74, 6) is 0.227. The van der Waals surface area contributed by atoms with Crippen LogP contribution < -0.4 is 0 Å². The van der Waals surface area contributed by atoms with Gasteiger partial charge in [-0.05, 0) is 25.7 Å². The molecule has 0 amide bonds. The van der Waals surface area contributed by atoms with Gasteiger partial charge in [0.25, 0.3) is 0 Å². The third kappa shape index (κ3) is 3.04. The fourth-order valence-electron chi connectivity index (χ4n) is 2.31. The van der Waals surface area contributed by atoms with Gasteiger partial charge in [0, 0.05) is 18.8 Å². The van der Waals surface area contributed by atoms with E-state index < -0.39 is 0 Å². The molecule has 0 aromatic rings. The molecule has 0 aromatic carbocycles. The van der Waals surface area contributed by atoms with Crippen LogP contribution >= 0.6 is 0 Å². The molecule has 2 atom stereocenters. The Morgan fingerprint density at radius 3 is 2.81 bits per heavy atom. The first-order chi connectivity index (χ1) is 7.75. The maximum absolute atomic E-state index is 11.5. The molecule has 2 aliphatic heterocycles. The van der Waals surface area contributed by atoms with Gasteiger partial charge < -0.3 is 9.47 Å². The maximum atomic E-state index is 11.5. The van der Waals surface area contributed by atoms with Gasteiger partial charge in [-0.1, -0.05) is 0 Å². The van der Waals surface area contributed by atoms with Gasteiger partial charge >= 0.3 is 5.97 Å². The monoisotopic (exact) mass is 226 g/mol. The second-order valence-electron chi connectivity index (χ2n) is 4.57. The van der Waals surface area contributed by atoms with Crippen molar-refractivity contribution in [3.63, 3.8) is 0 Å². The summed E-state index contributed by atoms with van der Waals surface area (Å²) in [6.45, 7) is 1.10. The third-order valence-corrected chi connectivity index (χ3v) is 3.31. The lowest BCUT2D eigenvalue weighted by atomic mass is 9.92. The van der Waals surface area contributed by atoms with Crippen molar-refractivity contribution in [3.05, 3.63) is 0 Å². The van der Waals surface area contributed by atoms with Crippen molar-refractivity contribution in [1.82, 2.24) is 0 Å². The van der Waals surface area contributed by atoms with Gasteiger partial charge in [0.15, 0.2) is 0 Å². The van der Waals surface area contributed by atoms with Gasteiger partial charge in [-0.25, -0.2) is 0 Å². The van der Waals surface area contributed by atoms with Crippen LogP contribution in [0.3, 0.4) is 0 Å². The Morgan fingerprint density at radius 1 is 1.19 bits per heavy atom. The first-order valence-electron chi connectivity index (χ1n) is 6.05. The van der Waals surface area contributed by atoms with E-state index in [1.165, 1.54) is 0 Å². The average Bonchev–Trinajstić information content (AvgIpc) is 2.28. The molecule has 0 bridgehead atoms. The molecule has 0 spiro atoms. The van der Waals surface area contributed by atoms with Gasteiger partial charge in [-0.15, -0.1) is 0 Å². The zero-order chi connectivity index (χ0) is 11.4. The van der Waals surface area contributed by atoms with Crippen molar-refractivity contribution in [3.8, 4) is 0 Å². The van der Waals surface area contributed by atoms with E-state index >= 15 is 0 Å². The molecule has 16 heavy (non-hydrogen) atoms. The van der Waals surface area contributed by atoms with Crippen LogP contribution in [0.2, 0.25) is 0 Å². The molecule has 0 radical (unpaired) electrons. The summed E-state index contributed by atoms with van der Waals surface area (Å²) in [6.07, 6.45) is 4.54. The molecule has 0 aliphatic carbocycles. The number of hydrogen-bond acceptors (Lipinski definition) is 4. The molecule has 2 aliphatic rings. The van der Waals surface area contributed by atoms with Gasteiger partial charge in [-0.3, -0.25) is 9.59 Å². The Morgan fingerprint density at radius 2 is 2.06 bits per heavy atom. The zero-order valence-corrected chi connectivity index (χ0v) is 9.44. The highest BCUT2D eigenvalue weighted by Crippen LogP contribution is 2.22. The van der Waals surface area contributed by atoms with Crippen LogP contribution in [0.25, 0.3) is 0 Å². The van der Waals surface area contributed by atoms with Gasteiger partial charge in [0.2, 0.25) is 0 Å². The van der Waals surface area contributed by atoms with Crippen LogP contribution in [0.4, 0.5) is 0 Å². The van der Waals surface area contributed by atoms with Gasteiger partial charge in [0.05, 0.1) is 13.2 Å². The summed E-state index contributed by atoms with van der Waals surface area (Å²) >= 11 is 0. The fraction of sp³-hybridized carbons (Fsp3) is 0.833. The molecule has 2 saturated heterocycles. The standard InChI is InChI=1S/C12H18O4/c13-11-6-7-15-8-9(11)4-5-10-2-1-3-12(14)16-10/h9-10H,1-8H2. The van der Waals surface area contributed by atoms with Crippen molar-refractivity contribution in [2.75, 3.05) is 13.2 Å². The molecule has 4 heteroatoms. The summed E-state index contributed by atoms with van der Waals surface area (Å²) in [6, 6.07) is 0. The summed E-state index contributed by atoms with van der Waals surface area (Å²) in [5, 5.41) is 0. The highest BCUT2D eigenvalue weighted by atomic mass is 16.5. The Kier molecular flexibility index (Phi) is 3.93. The highest BCUT2D eigenvalue weighted by Gasteiger charge is 2.26. The first kappa shape index (κ1) is 11.6. The van der Waals surface area contributed by atoms with E-state index in [0.29, 0.717) is 31.8 Å². The number of carbonyl (C=O) groups is 2. The van der Waals surface area contributed by atoms with E-state index in [2.05, 4.69) is 0 Å². The molecule has 4 nitrogen and oxygen atoms in total. The largest absolute Gasteiger partial charge is 0.462 e. The lowest BCUT2D eigenvalue weighted by molar-refractivity contribution is -0.154. The Balaban J connectivity index is 1.73. The number of rotatable bonds is 3. The molecule has 2 unspecified atom stereocenters. The van der Waals surface area contributed by atoms with Crippen molar-refractivity contribution < 1.29 is 19.1 Å². The highest BCUT2D eigenvalue weighted by molar-refractivity contribution is 5.81. The number of Topliss-reactive ketones (excluding diaryl/α,β-unsaturated/α-hetero) is 1. The zero-order valence-electron chi connectivity index (χ0n) is 9.44. The van der Waals surface area contributed by atoms with Crippen molar-refractivity contribution >= 4 is 11.8 Å². The summed E-state index contributed by atoms with van der Waals surface area (Å²) in [5.41, 5.74) is 0. The van der Waals surface area contributed by atoms with Crippen LogP contribution in [0, 0.1) is 5.92 Å². The summed E-state index contributed by atoms with van der Waals surface area (Å²) < 4.78 is 10.5. The molecule has 0 saturated carbocycles. The molecular weight excluding hydrogens is 208 g/mol. The van der Waals surface area contributed by atoms with E-state index in [4.69, 9.17) is 9.47 Å². The first-order valence-corrected chi connectivity index (χ1v) is 6.05. The van der Waals surface area contributed by atoms with E-state index in [-0.39, 0.29) is 18.0 Å². The average molecular weight is 226 g/mol. The number of esters is 1. The maximum Gasteiger partial charge on any atom is 0.306 e. The van der Waals surface area contributed by atoms with Crippen molar-refractivity contribution in [1.29, 1.82) is 0 Å². The molecule has 0 N–H and O–H groups in total. The van der Waals surface area contributed by atoms with E-state index in [1.54, 1.807) is 0 Å². The molecular formula is C12H18O4. The van der Waals surface area contributed by atoms with Crippen LogP contribution in [-0.2, 0) is 19.1 Å². The Hall–Kier alpha value is -0.900.